The van der Waals surface area contributed by atoms with Crippen molar-refractivity contribution >= 4 is 34.6 Å². The highest BCUT2D eigenvalue weighted by Gasteiger charge is 2.53. The Morgan fingerprint density at radius 2 is 1.92 bits per heavy atom. The van der Waals surface area contributed by atoms with Crippen LogP contribution in [-0.4, -0.2) is 21.5 Å². The second-order valence-electron chi connectivity index (χ2n) is 6.13. The van der Waals surface area contributed by atoms with E-state index < -0.39 is 16.4 Å². The summed E-state index contributed by atoms with van der Waals surface area (Å²) in [7, 11) is 0. The lowest BCUT2D eigenvalue weighted by atomic mass is 9.70. The second-order valence-corrected chi connectivity index (χ2v) is 6.52. The van der Waals surface area contributed by atoms with Gasteiger partial charge in [0.05, 0.1) is 16.5 Å². The van der Waals surface area contributed by atoms with Crippen LogP contribution in [0.3, 0.4) is 0 Å². The molecule has 2 aliphatic rings. The van der Waals surface area contributed by atoms with Crippen molar-refractivity contribution in [1.82, 2.24) is 5.32 Å². The van der Waals surface area contributed by atoms with Crippen LogP contribution in [-0.2, 0) is 4.79 Å². The van der Waals surface area contributed by atoms with Gasteiger partial charge in [0, 0.05) is 17.8 Å². The summed E-state index contributed by atoms with van der Waals surface area (Å²) in [5.41, 5.74) is -0.0317. The van der Waals surface area contributed by atoms with Crippen molar-refractivity contribution in [1.29, 1.82) is 5.26 Å². The van der Waals surface area contributed by atoms with Crippen LogP contribution in [0.2, 0.25) is 0 Å². The number of hydrogen-bond acceptors (Lipinski definition) is 5. The lowest BCUT2D eigenvalue weighted by Crippen LogP contribution is -2.68. The Balaban J connectivity index is 2.08. The van der Waals surface area contributed by atoms with Gasteiger partial charge in [-0.2, -0.15) is 5.26 Å². The van der Waals surface area contributed by atoms with Gasteiger partial charge in [-0.25, -0.2) is 0 Å². The van der Waals surface area contributed by atoms with Crippen LogP contribution < -0.4 is 10.2 Å². The maximum absolute atomic E-state index is 12.3. The first-order valence-electron chi connectivity index (χ1n) is 7.79. The summed E-state index contributed by atoms with van der Waals surface area (Å²) < 4.78 is 0. The molecule has 3 rings (SSSR count). The number of thiocarbonyl (C=S) groups is 1. The van der Waals surface area contributed by atoms with Gasteiger partial charge in [0.25, 0.3) is 5.69 Å². The van der Waals surface area contributed by atoms with E-state index in [1.807, 2.05) is 4.90 Å². The number of nitrogens with zero attached hydrogens (tertiary/aromatic N) is 3. The van der Waals surface area contributed by atoms with E-state index in [9.17, 15) is 20.2 Å². The number of amides is 1. The first kappa shape index (κ1) is 16.3. The number of rotatable bonds is 2. The highest BCUT2D eigenvalue weighted by Crippen LogP contribution is 2.44. The van der Waals surface area contributed by atoms with Crippen molar-refractivity contribution in [2.75, 3.05) is 4.90 Å². The number of nitrogens with one attached hydrogen (secondary N) is 1. The Kier molecular flexibility index (Phi) is 4.20. The first-order valence-corrected chi connectivity index (χ1v) is 8.19. The monoisotopic (exact) mass is 344 g/mol. The summed E-state index contributed by atoms with van der Waals surface area (Å²) in [4.78, 5) is 24.5. The molecule has 0 aromatic heterocycles. The van der Waals surface area contributed by atoms with Crippen LogP contribution >= 0.6 is 12.2 Å². The van der Waals surface area contributed by atoms with E-state index >= 15 is 0 Å². The number of non-ortho nitro benzene ring substituents is 1. The van der Waals surface area contributed by atoms with Crippen LogP contribution in [0.4, 0.5) is 11.4 Å². The Bertz CT molecular complexity index is 735. The third-order valence-corrected chi connectivity index (χ3v) is 5.13. The van der Waals surface area contributed by atoms with Crippen molar-refractivity contribution in [3.63, 3.8) is 0 Å². The minimum Gasteiger partial charge on any atom is -0.311 e. The quantitative estimate of drug-likeness (QED) is 0.503. The third-order valence-electron chi connectivity index (χ3n) is 4.85. The van der Waals surface area contributed by atoms with E-state index in [4.69, 9.17) is 12.2 Å². The average Bonchev–Trinajstić information content (AvgIpc) is 2.56. The van der Waals surface area contributed by atoms with Crippen LogP contribution in [0.25, 0.3) is 0 Å². The molecule has 1 aliphatic heterocycles. The number of carbonyl (C=O) groups is 1. The normalized spacial score (nSPS) is 22.8. The number of benzene rings is 1. The number of nitro benzene ring substituents is 1. The summed E-state index contributed by atoms with van der Waals surface area (Å²) >= 11 is 5.38. The number of nitro groups is 1. The smallest absolute Gasteiger partial charge is 0.269 e. The molecule has 0 radical (unpaired) electrons. The fraction of sp³-hybridized carbons (Fsp3) is 0.438. The molecule has 0 bridgehead atoms. The van der Waals surface area contributed by atoms with E-state index in [-0.39, 0.29) is 16.7 Å². The van der Waals surface area contributed by atoms with Gasteiger partial charge in [0.2, 0.25) is 5.91 Å². The zero-order valence-electron chi connectivity index (χ0n) is 12.9. The fourth-order valence-corrected chi connectivity index (χ4v) is 4.15. The molecule has 1 saturated heterocycles. The Morgan fingerprint density at radius 1 is 1.29 bits per heavy atom. The Labute approximate surface area is 144 Å². The topological polar surface area (TPSA) is 99.3 Å². The maximum atomic E-state index is 12.3. The van der Waals surface area contributed by atoms with Gasteiger partial charge in [-0.3, -0.25) is 14.9 Å². The summed E-state index contributed by atoms with van der Waals surface area (Å²) in [6.07, 6.45) is 4.27. The molecule has 124 valence electrons. The maximum Gasteiger partial charge on any atom is 0.269 e. The second kappa shape index (κ2) is 6.17. The largest absolute Gasteiger partial charge is 0.311 e. The fourth-order valence-electron chi connectivity index (χ4n) is 3.76. The molecule has 1 heterocycles. The van der Waals surface area contributed by atoms with Gasteiger partial charge in [0.1, 0.15) is 5.92 Å². The summed E-state index contributed by atoms with van der Waals surface area (Å²) in [5, 5.41) is 23.3. The molecule has 1 amide bonds. The van der Waals surface area contributed by atoms with Gasteiger partial charge < -0.3 is 10.2 Å². The van der Waals surface area contributed by atoms with E-state index in [0.29, 0.717) is 18.5 Å². The molecular weight excluding hydrogens is 328 g/mol. The predicted octanol–water partition coefficient (Wildman–Crippen LogP) is 2.66. The molecule has 1 spiro atoms. The van der Waals surface area contributed by atoms with Crippen molar-refractivity contribution in [3.8, 4) is 6.07 Å². The molecule has 8 heteroatoms. The van der Waals surface area contributed by atoms with Crippen LogP contribution in [0, 0.1) is 27.4 Å². The number of hydrogen-bond donors (Lipinski definition) is 1. The minimum atomic E-state index is -0.820. The molecular formula is C16H16N4O3S. The van der Waals surface area contributed by atoms with E-state index in [1.54, 1.807) is 12.1 Å². The Hall–Kier alpha value is -2.53. The number of carbonyl (C=O) groups excluding carboxylic acids is 1. The zero-order chi connectivity index (χ0) is 17.3. The zero-order valence-corrected chi connectivity index (χ0v) is 13.7. The molecule has 1 aromatic carbocycles. The first-order chi connectivity index (χ1) is 11.5. The average molecular weight is 344 g/mol. The van der Waals surface area contributed by atoms with Crippen molar-refractivity contribution in [2.45, 2.75) is 37.6 Å². The van der Waals surface area contributed by atoms with Crippen molar-refractivity contribution in [3.05, 3.63) is 34.4 Å². The molecule has 1 saturated carbocycles. The van der Waals surface area contributed by atoms with Gasteiger partial charge in [-0.15, -0.1) is 0 Å². The van der Waals surface area contributed by atoms with Gasteiger partial charge in [0.15, 0.2) is 5.11 Å². The summed E-state index contributed by atoms with van der Waals surface area (Å²) in [6.45, 7) is 0. The van der Waals surface area contributed by atoms with Crippen LogP contribution in [0.1, 0.15) is 32.1 Å². The van der Waals surface area contributed by atoms with Crippen molar-refractivity contribution in [2.24, 2.45) is 5.92 Å². The minimum absolute atomic E-state index is 0.0137. The van der Waals surface area contributed by atoms with Crippen molar-refractivity contribution < 1.29 is 9.72 Å². The lowest BCUT2D eigenvalue weighted by molar-refractivity contribution is -0.384. The molecule has 0 unspecified atom stereocenters. The van der Waals surface area contributed by atoms with Gasteiger partial charge in [-0.05, 0) is 37.2 Å². The van der Waals surface area contributed by atoms with Crippen LogP contribution in [0.5, 0.6) is 0 Å². The summed E-state index contributed by atoms with van der Waals surface area (Å²) in [6, 6.07) is 8.20. The number of anilines is 1. The predicted molar refractivity (Wildman–Crippen MR) is 91.2 cm³/mol. The van der Waals surface area contributed by atoms with Gasteiger partial charge >= 0.3 is 0 Å². The summed E-state index contributed by atoms with van der Waals surface area (Å²) in [5.74, 6) is -1.18. The van der Waals surface area contributed by atoms with E-state index in [2.05, 4.69) is 11.4 Å². The van der Waals surface area contributed by atoms with E-state index in [1.165, 1.54) is 12.1 Å². The van der Waals surface area contributed by atoms with Gasteiger partial charge in [-0.1, -0.05) is 19.3 Å². The third kappa shape index (κ3) is 2.51. The number of nitriles is 1. The molecule has 1 N–H and O–H groups in total. The highest BCUT2D eigenvalue weighted by molar-refractivity contribution is 7.80. The molecule has 2 fully saturated rings. The lowest BCUT2D eigenvalue weighted by Gasteiger charge is -2.52. The molecule has 1 atom stereocenters. The van der Waals surface area contributed by atoms with E-state index in [0.717, 1.165) is 19.3 Å². The SMILES string of the molecule is N#C[C@H]1C(=O)NC(=S)N(c2ccc([N+](=O)[O-])cc2)C12CCCCC2. The molecule has 1 aliphatic carbocycles. The Morgan fingerprint density at radius 3 is 2.46 bits per heavy atom. The highest BCUT2D eigenvalue weighted by atomic mass is 32.1. The standard InChI is InChI=1S/C16H16N4O3S/c17-10-13-14(21)18-15(24)19(16(13)8-2-1-3-9-16)11-4-6-12(7-5-11)20(22)23/h4-7,13H,1-3,8-9H2,(H,18,21,24)/t13-/m0/s1. The molecule has 24 heavy (non-hydrogen) atoms. The molecule has 7 nitrogen and oxygen atoms in total. The molecule has 1 aromatic rings. The van der Waals surface area contributed by atoms with Crippen LogP contribution in [0.15, 0.2) is 24.3 Å².